The van der Waals surface area contributed by atoms with E-state index in [2.05, 4.69) is 11.3 Å². The van der Waals surface area contributed by atoms with Crippen LogP contribution in [0.1, 0.15) is 13.8 Å². The molecule has 0 heterocycles. The third-order valence-corrected chi connectivity index (χ3v) is 0.850. The molecule has 3 nitrogen and oxygen atoms in total. The summed E-state index contributed by atoms with van der Waals surface area (Å²) in [7, 11) is 0. The van der Waals surface area contributed by atoms with Gasteiger partial charge in [-0.15, -0.1) is 0 Å². The smallest absolute Gasteiger partial charge is 0.302 e. The van der Waals surface area contributed by atoms with Crippen LogP contribution < -0.4 is 0 Å². The third-order valence-electron chi connectivity index (χ3n) is 0.850. The molecule has 0 amide bonds. The SMILES string of the molecule is C=COC(C)COC(C)=O. The molecule has 0 saturated carbocycles. The Hall–Kier alpha value is -0.990. The van der Waals surface area contributed by atoms with Crippen LogP contribution >= 0.6 is 0 Å². The molecule has 3 heteroatoms. The Morgan fingerprint density at radius 2 is 2.40 bits per heavy atom. The van der Waals surface area contributed by atoms with Crippen LogP contribution in [0.15, 0.2) is 12.8 Å². The molecule has 0 aromatic heterocycles. The molecule has 0 N–H and O–H groups in total. The van der Waals surface area contributed by atoms with Crippen LogP contribution in [0.2, 0.25) is 0 Å². The van der Waals surface area contributed by atoms with E-state index < -0.39 is 0 Å². The topological polar surface area (TPSA) is 35.5 Å². The fourth-order valence-electron chi connectivity index (χ4n) is 0.438. The number of rotatable bonds is 4. The van der Waals surface area contributed by atoms with Gasteiger partial charge in [0.15, 0.2) is 0 Å². The molecule has 0 aliphatic rings. The fourth-order valence-corrected chi connectivity index (χ4v) is 0.438. The minimum atomic E-state index is -0.292. The lowest BCUT2D eigenvalue weighted by Gasteiger charge is -2.09. The van der Waals surface area contributed by atoms with Gasteiger partial charge < -0.3 is 9.47 Å². The van der Waals surface area contributed by atoms with Crippen molar-refractivity contribution in [2.45, 2.75) is 20.0 Å². The van der Waals surface area contributed by atoms with Crippen LogP contribution in [0, 0.1) is 0 Å². The van der Waals surface area contributed by atoms with Crippen molar-refractivity contribution in [3.05, 3.63) is 12.8 Å². The van der Waals surface area contributed by atoms with E-state index in [-0.39, 0.29) is 18.7 Å². The van der Waals surface area contributed by atoms with E-state index >= 15 is 0 Å². The largest absolute Gasteiger partial charge is 0.495 e. The number of hydrogen-bond donors (Lipinski definition) is 0. The second kappa shape index (κ2) is 4.85. The van der Waals surface area contributed by atoms with Gasteiger partial charge in [0, 0.05) is 6.92 Å². The first-order valence-electron chi connectivity index (χ1n) is 3.06. The number of carbonyl (C=O) groups excluding carboxylic acids is 1. The molecule has 0 bridgehead atoms. The Morgan fingerprint density at radius 3 is 2.80 bits per heavy atom. The Kier molecular flexibility index (Phi) is 4.37. The second-order valence-electron chi connectivity index (χ2n) is 1.92. The van der Waals surface area contributed by atoms with E-state index in [1.807, 2.05) is 0 Å². The average Bonchev–Trinajstić information content (AvgIpc) is 1.85. The van der Waals surface area contributed by atoms with Crippen LogP contribution in [0.25, 0.3) is 0 Å². The van der Waals surface area contributed by atoms with Gasteiger partial charge in [0.25, 0.3) is 0 Å². The summed E-state index contributed by atoms with van der Waals surface area (Å²) in [6.07, 6.45) is 1.22. The van der Waals surface area contributed by atoms with Gasteiger partial charge in [0.1, 0.15) is 12.7 Å². The molecule has 58 valence electrons. The molecule has 0 spiro atoms. The predicted octanol–water partition coefficient (Wildman–Crippen LogP) is 1.10. The van der Waals surface area contributed by atoms with Gasteiger partial charge >= 0.3 is 5.97 Å². The zero-order chi connectivity index (χ0) is 7.98. The van der Waals surface area contributed by atoms with E-state index in [0.29, 0.717) is 0 Å². The van der Waals surface area contributed by atoms with Crippen molar-refractivity contribution in [1.82, 2.24) is 0 Å². The second-order valence-corrected chi connectivity index (χ2v) is 1.92. The van der Waals surface area contributed by atoms with Crippen LogP contribution in [-0.2, 0) is 14.3 Å². The van der Waals surface area contributed by atoms with Crippen molar-refractivity contribution in [2.24, 2.45) is 0 Å². The fraction of sp³-hybridized carbons (Fsp3) is 0.571. The van der Waals surface area contributed by atoms with Crippen molar-refractivity contribution in [2.75, 3.05) is 6.61 Å². The molecule has 0 saturated heterocycles. The van der Waals surface area contributed by atoms with Crippen LogP contribution in [0.4, 0.5) is 0 Å². The molecular weight excluding hydrogens is 132 g/mol. The maximum Gasteiger partial charge on any atom is 0.302 e. The van der Waals surface area contributed by atoms with Crippen molar-refractivity contribution in [3.8, 4) is 0 Å². The van der Waals surface area contributed by atoms with Crippen LogP contribution in [-0.4, -0.2) is 18.7 Å². The zero-order valence-electron chi connectivity index (χ0n) is 6.29. The number of esters is 1. The summed E-state index contributed by atoms with van der Waals surface area (Å²) >= 11 is 0. The molecule has 10 heavy (non-hydrogen) atoms. The summed E-state index contributed by atoms with van der Waals surface area (Å²) in [4.78, 5) is 10.2. The first kappa shape index (κ1) is 9.01. The monoisotopic (exact) mass is 144 g/mol. The van der Waals surface area contributed by atoms with E-state index in [9.17, 15) is 4.79 Å². The molecule has 0 radical (unpaired) electrons. The van der Waals surface area contributed by atoms with E-state index in [4.69, 9.17) is 4.74 Å². The van der Waals surface area contributed by atoms with Gasteiger partial charge in [-0.1, -0.05) is 6.58 Å². The predicted molar refractivity (Wildman–Crippen MR) is 37.4 cm³/mol. The minimum Gasteiger partial charge on any atom is -0.495 e. The van der Waals surface area contributed by atoms with E-state index in [1.54, 1.807) is 6.92 Å². The maximum absolute atomic E-state index is 10.2. The van der Waals surface area contributed by atoms with Crippen LogP contribution in [0.5, 0.6) is 0 Å². The highest BCUT2D eigenvalue weighted by Crippen LogP contribution is 1.91. The third kappa shape index (κ3) is 5.15. The summed E-state index contributed by atoms with van der Waals surface area (Å²) < 4.78 is 9.52. The molecule has 0 aromatic rings. The molecule has 0 aromatic carbocycles. The standard InChI is InChI=1S/C7H12O3/c1-4-9-6(2)5-10-7(3)8/h4,6H,1,5H2,2-3H3. The van der Waals surface area contributed by atoms with Crippen LogP contribution in [0.3, 0.4) is 0 Å². The zero-order valence-corrected chi connectivity index (χ0v) is 6.29. The lowest BCUT2D eigenvalue weighted by molar-refractivity contribution is -0.143. The Bertz CT molecular complexity index is 120. The highest BCUT2D eigenvalue weighted by Gasteiger charge is 2.01. The first-order valence-corrected chi connectivity index (χ1v) is 3.06. The lowest BCUT2D eigenvalue weighted by atomic mass is 10.4. The maximum atomic E-state index is 10.2. The highest BCUT2D eigenvalue weighted by molar-refractivity contribution is 5.65. The van der Waals surface area contributed by atoms with Crippen molar-refractivity contribution >= 4 is 5.97 Å². The summed E-state index contributed by atoms with van der Waals surface area (Å²) in [6, 6.07) is 0. The number of hydrogen-bond acceptors (Lipinski definition) is 3. The summed E-state index contributed by atoms with van der Waals surface area (Å²) in [5.41, 5.74) is 0. The van der Waals surface area contributed by atoms with Gasteiger partial charge in [-0.2, -0.15) is 0 Å². The van der Waals surface area contributed by atoms with Gasteiger partial charge in [-0.05, 0) is 6.92 Å². The molecule has 0 aliphatic heterocycles. The van der Waals surface area contributed by atoms with E-state index in [1.165, 1.54) is 13.2 Å². The normalized spacial score (nSPS) is 11.8. The lowest BCUT2D eigenvalue weighted by Crippen LogP contribution is -2.15. The van der Waals surface area contributed by atoms with Gasteiger partial charge in [-0.3, -0.25) is 4.79 Å². The molecule has 0 fully saturated rings. The summed E-state index contributed by atoms with van der Waals surface area (Å²) in [6.45, 7) is 6.80. The first-order chi connectivity index (χ1) is 4.66. The Labute approximate surface area is 60.6 Å². The Balaban J connectivity index is 3.29. The highest BCUT2D eigenvalue weighted by atomic mass is 16.6. The van der Waals surface area contributed by atoms with Gasteiger partial charge in [0.05, 0.1) is 6.26 Å². The molecule has 0 aliphatic carbocycles. The molecule has 1 atom stereocenters. The van der Waals surface area contributed by atoms with Crippen molar-refractivity contribution < 1.29 is 14.3 Å². The molecule has 1 unspecified atom stereocenters. The van der Waals surface area contributed by atoms with Crippen molar-refractivity contribution in [1.29, 1.82) is 0 Å². The molecule has 0 rings (SSSR count). The van der Waals surface area contributed by atoms with Gasteiger partial charge in [0.2, 0.25) is 0 Å². The summed E-state index contributed by atoms with van der Waals surface area (Å²) in [5, 5.41) is 0. The Morgan fingerprint density at radius 1 is 1.80 bits per heavy atom. The minimum absolute atomic E-state index is 0.110. The average molecular weight is 144 g/mol. The quantitative estimate of drug-likeness (QED) is 0.437. The van der Waals surface area contributed by atoms with Crippen molar-refractivity contribution in [3.63, 3.8) is 0 Å². The molecular formula is C7H12O3. The summed E-state index contributed by atoms with van der Waals surface area (Å²) in [5.74, 6) is -0.292. The van der Waals surface area contributed by atoms with E-state index in [0.717, 1.165) is 0 Å². The number of ether oxygens (including phenoxy) is 2. The number of carbonyl (C=O) groups is 1. The van der Waals surface area contributed by atoms with Gasteiger partial charge in [-0.25, -0.2) is 0 Å².